The summed E-state index contributed by atoms with van der Waals surface area (Å²) < 4.78 is 5.59. The number of rotatable bonds is 6. The molecule has 30 heavy (non-hydrogen) atoms. The van der Waals surface area contributed by atoms with E-state index in [1.165, 1.54) is 12.0 Å². The molecule has 4 rings (SSSR count). The van der Waals surface area contributed by atoms with E-state index in [-0.39, 0.29) is 0 Å². The Kier molecular flexibility index (Phi) is 7.74. The lowest BCUT2D eigenvalue weighted by Crippen LogP contribution is -2.54. The fourth-order valence-electron chi connectivity index (χ4n) is 5.38. The van der Waals surface area contributed by atoms with Gasteiger partial charge < -0.3 is 9.64 Å². The average Bonchev–Trinajstić information content (AvgIpc) is 2.79. The summed E-state index contributed by atoms with van der Waals surface area (Å²) in [4.78, 5) is 24.3. The van der Waals surface area contributed by atoms with Crippen LogP contribution in [0.2, 0.25) is 0 Å². The van der Waals surface area contributed by atoms with Crippen molar-refractivity contribution >= 4 is 5.91 Å². The number of aromatic nitrogens is 1. The first-order valence-corrected chi connectivity index (χ1v) is 11.9. The maximum absolute atomic E-state index is 12.9. The van der Waals surface area contributed by atoms with Crippen LogP contribution in [0.5, 0.6) is 0 Å². The van der Waals surface area contributed by atoms with Gasteiger partial charge in [-0.05, 0) is 61.8 Å². The molecule has 0 radical (unpaired) electrons. The Morgan fingerprint density at radius 3 is 2.53 bits per heavy atom. The molecular weight excluding hydrogens is 376 g/mol. The third-order valence-electron chi connectivity index (χ3n) is 7.31. The van der Waals surface area contributed by atoms with Crippen molar-refractivity contribution in [2.45, 2.75) is 51.6 Å². The smallest absolute Gasteiger partial charge is 0.222 e. The molecule has 0 N–H and O–H groups in total. The molecule has 0 spiro atoms. The molecule has 0 aromatic carbocycles. The van der Waals surface area contributed by atoms with E-state index >= 15 is 0 Å². The van der Waals surface area contributed by atoms with Gasteiger partial charge in [0.15, 0.2) is 0 Å². The highest BCUT2D eigenvalue weighted by molar-refractivity contribution is 5.76. The van der Waals surface area contributed by atoms with E-state index < -0.39 is 0 Å². The summed E-state index contributed by atoms with van der Waals surface area (Å²) in [7, 11) is 0. The largest absolute Gasteiger partial charge is 0.379 e. The molecule has 166 valence electrons. The fraction of sp³-hybridized carbons (Fsp3) is 0.750. The standard InChI is InChI=1S/C24H38N4O2/c1-20-6-12-28(13-7-20)24(29)3-2-22-19-26(18-21-4-9-25-10-5-21)11-8-23(22)27-14-16-30-17-15-27/h4-5,9-10,20,22-23H,2-3,6-8,11-19H2,1H3/t22-,23+/m0/s1. The quantitative estimate of drug-likeness (QED) is 0.716. The van der Waals surface area contributed by atoms with Gasteiger partial charge in [-0.25, -0.2) is 0 Å². The summed E-state index contributed by atoms with van der Waals surface area (Å²) in [6.07, 6.45) is 8.96. The Balaban J connectivity index is 1.36. The number of amides is 1. The van der Waals surface area contributed by atoms with E-state index in [4.69, 9.17) is 4.74 Å². The number of pyridine rings is 1. The maximum atomic E-state index is 12.9. The summed E-state index contributed by atoms with van der Waals surface area (Å²) in [5.74, 6) is 1.68. The van der Waals surface area contributed by atoms with Crippen LogP contribution in [0.4, 0.5) is 0 Å². The Bertz CT molecular complexity index is 656. The minimum Gasteiger partial charge on any atom is -0.379 e. The van der Waals surface area contributed by atoms with Crippen LogP contribution in [-0.4, -0.2) is 84.1 Å². The molecule has 2 atom stereocenters. The van der Waals surface area contributed by atoms with Crippen molar-refractivity contribution in [1.82, 2.24) is 19.7 Å². The summed E-state index contributed by atoms with van der Waals surface area (Å²) >= 11 is 0. The number of likely N-dealkylation sites (tertiary alicyclic amines) is 2. The molecule has 4 heterocycles. The first kappa shape index (κ1) is 21.7. The molecule has 1 amide bonds. The van der Waals surface area contributed by atoms with Crippen LogP contribution in [0.1, 0.15) is 44.6 Å². The second-order valence-corrected chi connectivity index (χ2v) is 9.46. The van der Waals surface area contributed by atoms with Gasteiger partial charge in [-0.2, -0.15) is 0 Å². The number of piperidine rings is 2. The van der Waals surface area contributed by atoms with Gasteiger partial charge in [-0.3, -0.25) is 19.6 Å². The van der Waals surface area contributed by atoms with Crippen molar-refractivity contribution in [2.75, 3.05) is 52.5 Å². The van der Waals surface area contributed by atoms with E-state index in [2.05, 4.69) is 38.7 Å². The molecule has 3 fully saturated rings. The number of ether oxygens (including phenoxy) is 1. The van der Waals surface area contributed by atoms with Gasteiger partial charge in [0.25, 0.3) is 0 Å². The highest BCUT2D eigenvalue weighted by atomic mass is 16.5. The Morgan fingerprint density at radius 1 is 1.07 bits per heavy atom. The third-order valence-corrected chi connectivity index (χ3v) is 7.31. The molecule has 0 aliphatic carbocycles. The molecule has 1 aromatic heterocycles. The zero-order chi connectivity index (χ0) is 20.8. The van der Waals surface area contributed by atoms with E-state index in [0.29, 0.717) is 24.3 Å². The van der Waals surface area contributed by atoms with E-state index in [1.54, 1.807) is 0 Å². The van der Waals surface area contributed by atoms with Gasteiger partial charge in [-0.15, -0.1) is 0 Å². The normalized spacial score (nSPS) is 27.3. The van der Waals surface area contributed by atoms with E-state index in [9.17, 15) is 4.79 Å². The molecule has 1 aromatic rings. The second kappa shape index (κ2) is 10.7. The Morgan fingerprint density at radius 2 is 1.80 bits per heavy atom. The van der Waals surface area contributed by atoms with Crippen LogP contribution in [0.15, 0.2) is 24.5 Å². The average molecular weight is 415 g/mol. The van der Waals surface area contributed by atoms with Crippen LogP contribution in [0.3, 0.4) is 0 Å². The van der Waals surface area contributed by atoms with Crippen molar-refractivity contribution in [3.8, 4) is 0 Å². The van der Waals surface area contributed by atoms with Crippen LogP contribution in [0, 0.1) is 11.8 Å². The molecule has 0 bridgehead atoms. The second-order valence-electron chi connectivity index (χ2n) is 9.46. The molecule has 3 aliphatic rings. The Labute approximate surface area is 181 Å². The van der Waals surface area contributed by atoms with Gasteiger partial charge in [0, 0.05) is 64.1 Å². The number of nitrogens with zero attached hydrogens (tertiary/aromatic N) is 4. The van der Waals surface area contributed by atoms with Gasteiger partial charge in [0.2, 0.25) is 5.91 Å². The van der Waals surface area contributed by atoms with Crippen molar-refractivity contribution in [2.24, 2.45) is 11.8 Å². The summed E-state index contributed by atoms with van der Waals surface area (Å²) in [5, 5.41) is 0. The summed E-state index contributed by atoms with van der Waals surface area (Å²) in [6, 6.07) is 4.81. The van der Waals surface area contributed by atoms with Crippen molar-refractivity contribution < 1.29 is 9.53 Å². The molecule has 0 unspecified atom stereocenters. The zero-order valence-electron chi connectivity index (χ0n) is 18.5. The lowest BCUT2D eigenvalue weighted by Gasteiger charge is -2.45. The molecule has 3 saturated heterocycles. The first-order valence-electron chi connectivity index (χ1n) is 11.9. The number of hydrogen-bond donors (Lipinski definition) is 0. The van der Waals surface area contributed by atoms with Crippen LogP contribution < -0.4 is 0 Å². The molecular formula is C24H38N4O2. The Hall–Kier alpha value is -1.50. The van der Waals surface area contributed by atoms with Crippen molar-refractivity contribution in [1.29, 1.82) is 0 Å². The monoisotopic (exact) mass is 414 g/mol. The first-order chi connectivity index (χ1) is 14.7. The van der Waals surface area contributed by atoms with Crippen LogP contribution in [0.25, 0.3) is 0 Å². The van der Waals surface area contributed by atoms with Gasteiger partial charge in [0.1, 0.15) is 0 Å². The fourth-order valence-corrected chi connectivity index (χ4v) is 5.38. The molecule has 3 aliphatic heterocycles. The summed E-state index contributed by atoms with van der Waals surface area (Å²) in [5.41, 5.74) is 1.33. The predicted octanol–water partition coefficient (Wildman–Crippen LogP) is 2.64. The topological polar surface area (TPSA) is 48.9 Å². The van der Waals surface area contributed by atoms with Gasteiger partial charge >= 0.3 is 0 Å². The highest BCUT2D eigenvalue weighted by Gasteiger charge is 2.34. The third kappa shape index (κ3) is 5.80. The SMILES string of the molecule is CC1CCN(C(=O)CC[C@H]2CN(Cc3ccncc3)CC[C@H]2N2CCOCC2)CC1. The number of hydrogen-bond acceptors (Lipinski definition) is 5. The lowest BCUT2D eigenvalue weighted by molar-refractivity contribution is -0.133. The van der Waals surface area contributed by atoms with Crippen LogP contribution >= 0.6 is 0 Å². The van der Waals surface area contributed by atoms with Gasteiger partial charge in [0.05, 0.1) is 13.2 Å². The number of carbonyl (C=O) groups is 1. The lowest BCUT2D eigenvalue weighted by atomic mass is 9.86. The van der Waals surface area contributed by atoms with Crippen molar-refractivity contribution in [3.05, 3.63) is 30.1 Å². The highest BCUT2D eigenvalue weighted by Crippen LogP contribution is 2.28. The van der Waals surface area contributed by atoms with E-state index in [0.717, 1.165) is 84.2 Å². The van der Waals surface area contributed by atoms with Crippen LogP contribution in [-0.2, 0) is 16.1 Å². The molecule has 0 saturated carbocycles. The summed E-state index contributed by atoms with van der Waals surface area (Å²) in [6.45, 7) is 11.1. The predicted molar refractivity (Wildman–Crippen MR) is 118 cm³/mol. The minimum absolute atomic E-state index is 0.369. The molecule has 6 heteroatoms. The van der Waals surface area contributed by atoms with E-state index in [1.807, 2.05) is 12.4 Å². The number of morpholine rings is 1. The van der Waals surface area contributed by atoms with Gasteiger partial charge in [-0.1, -0.05) is 6.92 Å². The molecule has 6 nitrogen and oxygen atoms in total. The minimum atomic E-state index is 0.369. The maximum Gasteiger partial charge on any atom is 0.222 e. The number of carbonyl (C=O) groups excluding carboxylic acids is 1. The van der Waals surface area contributed by atoms with Crippen molar-refractivity contribution in [3.63, 3.8) is 0 Å². The zero-order valence-corrected chi connectivity index (χ0v) is 18.5.